The van der Waals surface area contributed by atoms with E-state index in [0.717, 1.165) is 45.4 Å². The van der Waals surface area contributed by atoms with Crippen molar-refractivity contribution in [1.29, 1.82) is 0 Å². The molecule has 1 aromatic heterocycles. The smallest absolute Gasteiger partial charge is 0.330 e. The van der Waals surface area contributed by atoms with Crippen molar-refractivity contribution in [3.05, 3.63) is 89.6 Å². The molecule has 0 atom stereocenters. The Labute approximate surface area is 256 Å². The minimum absolute atomic E-state index is 0.169. The molecule has 3 aromatic carbocycles. The predicted molar refractivity (Wildman–Crippen MR) is 175 cm³/mol. The third-order valence-electron chi connectivity index (χ3n) is 7.57. The van der Waals surface area contributed by atoms with Crippen LogP contribution in [0.3, 0.4) is 0 Å². The van der Waals surface area contributed by atoms with Gasteiger partial charge in [0.1, 0.15) is 5.75 Å². The summed E-state index contributed by atoms with van der Waals surface area (Å²) in [5, 5.41) is 0.738. The van der Waals surface area contributed by atoms with Gasteiger partial charge in [-0.2, -0.15) is 0 Å². The first-order valence-corrected chi connectivity index (χ1v) is 16.1. The summed E-state index contributed by atoms with van der Waals surface area (Å²) in [6.45, 7) is 17.5. The summed E-state index contributed by atoms with van der Waals surface area (Å²) < 4.78 is 40.8. The molecule has 0 unspecified atom stereocenters. The maximum atomic E-state index is 14.1. The molecule has 0 aliphatic heterocycles. The summed E-state index contributed by atoms with van der Waals surface area (Å²) in [6.07, 6.45) is 3.98. The van der Waals surface area contributed by atoms with Crippen molar-refractivity contribution in [2.45, 2.75) is 77.5 Å². The molecule has 0 spiro atoms. The number of methoxy groups -OCH3 is 1. The molecule has 0 aliphatic rings. The average Bonchev–Trinajstić information content (AvgIpc) is 3.34. The second-order valence-corrected chi connectivity index (χ2v) is 14.8. The summed E-state index contributed by atoms with van der Waals surface area (Å²) >= 11 is 0. The highest BCUT2D eigenvalue weighted by Gasteiger charge is 2.29. The normalized spacial score (nSPS) is 12.9. The maximum Gasteiger partial charge on any atom is 0.330 e. The van der Waals surface area contributed by atoms with Crippen LogP contribution in [0.4, 0.5) is 0 Å². The Morgan fingerprint density at radius 3 is 2.16 bits per heavy atom. The molecule has 1 heterocycles. The molecule has 6 nitrogen and oxygen atoms in total. The van der Waals surface area contributed by atoms with Crippen molar-refractivity contribution in [1.82, 2.24) is 3.97 Å². The van der Waals surface area contributed by atoms with Crippen LogP contribution in [0.1, 0.15) is 78.5 Å². The van der Waals surface area contributed by atoms with E-state index in [1.807, 2.05) is 19.1 Å². The molecule has 4 rings (SSSR count). The van der Waals surface area contributed by atoms with E-state index in [9.17, 15) is 13.2 Å². The van der Waals surface area contributed by atoms with E-state index >= 15 is 0 Å². The summed E-state index contributed by atoms with van der Waals surface area (Å²) in [5.41, 5.74) is 5.39. The molecule has 0 aliphatic carbocycles. The molecule has 0 saturated carbocycles. The number of nitrogens with zero attached hydrogens (tertiary/aromatic N) is 1. The fraction of sp³-hybridized carbons (Fsp3) is 0.361. The largest absolute Gasteiger partial charge is 0.493 e. The second-order valence-electron chi connectivity index (χ2n) is 13.0. The van der Waals surface area contributed by atoms with Crippen LogP contribution in [0.25, 0.3) is 27.6 Å². The van der Waals surface area contributed by atoms with Crippen molar-refractivity contribution >= 4 is 32.5 Å². The van der Waals surface area contributed by atoms with E-state index < -0.39 is 16.0 Å². The lowest BCUT2D eigenvalue weighted by Crippen LogP contribution is -2.18. The lowest BCUT2D eigenvalue weighted by Gasteiger charge is -2.29. The molecule has 0 amide bonds. The monoisotopic (exact) mass is 601 g/mol. The Kier molecular flexibility index (Phi) is 8.98. The summed E-state index contributed by atoms with van der Waals surface area (Å²) in [6, 6.07) is 18.4. The number of rotatable bonds is 8. The molecular formula is C36H43NO5S. The first-order valence-electron chi connectivity index (χ1n) is 14.6. The van der Waals surface area contributed by atoms with Crippen molar-refractivity contribution in [2.24, 2.45) is 0 Å². The van der Waals surface area contributed by atoms with Gasteiger partial charge in [0.2, 0.25) is 0 Å². The Balaban J connectivity index is 2.16. The summed E-state index contributed by atoms with van der Waals surface area (Å²) in [5.74, 6) is 0.302. The van der Waals surface area contributed by atoms with E-state index in [1.54, 1.807) is 42.6 Å². The minimum Gasteiger partial charge on any atom is -0.493 e. The first kappa shape index (κ1) is 32.1. The average molecular weight is 602 g/mol. The fourth-order valence-corrected chi connectivity index (χ4v) is 6.45. The van der Waals surface area contributed by atoms with Gasteiger partial charge in [0.25, 0.3) is 10.0 Å². The van der Waals surface area contributed by atoms with Crippen LogP contribution in [0.15, 0.2) is 77.8 Å². The van der Waals surface area contributed by atoms with Crippen molar-refractivity contribution < 1.29 is 22.7 Å². The van der Waals surface area contributed by atoms with Crippen LogP contribution in [-0.2, 0) is 30.4 Å². The number of carbonyl (C=O) groups is 1. The van der Waals surface area contributed by atoms with E-state index in [-0.39, 0.29) is 15.7 Å². The number of fused-ring (bicyclic) bond motifs is 1. The Morgan fingerprint density at radius 1 is 0.907 bits per heavy atom. The predicted octanol–water partition coefficient (Wildman–Crippen LogP) is 8.51. The van der Waals surface area contributed by atoms with Gasteiger partial charge < -0.3 is 9.47 Å². The molecule has 7 heteroatoms. The van der Waals surface area contributed by atoms with Crippen molar-refractivity contribution in [3.63, 3.8) is 0 Å². The third kappa shape index (κ3) is 6.57. The number of aromatic nitrogens is 1. The second kappa shape index (κ2) is 12.0. The number of allylic oxidation sites excluding steroid dienone is 1. The number of esters is 1. The number of benzene rings is 3. The number of carbonyl (C=O) groups excluding carboxylic acids is 1. The van der Waals surface area contributed by atoms with Gasteiger partial charge >= 0.3 is 5.97 Å². The van der Waals surface area contributed by atoms with Crippen molar-refractivity contribution in [3.8, 4) is 16.9 Å². The summed E-state index contributed by atoms with van der Waals surface area (Å²) in [4.78, 5) is 12.2. The molecule has 4 aromatic rings. The van der Waals surface area contributed by atoms with Gasteiger partial charge in [-0.15, -0.1) is 0 Å². The molecule has 228 valence electrons. The molecule has 0 N–H and O–H groups in total. The third-order valence-corrected chi connectivity index (χ3v) is 9.25. The van der Waals surface area contributed by atoms with E-state index in [4.69, 9.17) is 9.47 Å². The molecule has 0 bridgehead atoms. The highest BCUT2D eigenvalue weighted by Crippen LogP contribution is 2.46. The van der Waals surface area contributed by atoms with Crippen LogP contribution >= 0.6 is 0 Å². The quantitative estimate of drug-likeness (QED) is 0.150. The number of hydrogen-bond acceptors (Lipinski definition) is 5. The van der Waals surface area contributed by atoms with Crippen LogP contribution in [0, 0.1) is 0 Å². The van der Waals surface area contributed by atoms with E-state index in [2.05, 4.69) is 60.6 Å². The van der Waals surface area contributed by atoms with Gasteiger partial charge in [0.15, 0.2) is 0 Å². The molecule has 0 fully saturated rings. The highest BCUT2D eigenvalue weighted by molar-refractivity contribution is 7.90. The van der Waals surface area contributed by atoms with Gasteiger partial charge in [-0.1, -0.05) is 78.8 Å². The van der Waals surface area contributed by atoms with Gasteiger partial charge in [-0.3, -0.25) is 0 Å². The van der Waals surface area contributed by atoms with Gasteiger partial charge in [-0.05, 0) is 71.2 Å². The van der Waals surface area contributed by atoms with Crippen LogP contribution < -0.4 is 4.74 Å². The van der Waals surface area contributed by atoms with Crippen LogP contribution in [-0.4, -0.2) is 32.1 Å². The lowest BCUT2D eigenvalue weighted by atomic mass is 9.78. The Morgan fingerprint density at radius 2 is 1.58 bits per heavy atom. The van der Waals surface area contributed by atoms with E-state index in [0.29, 0.717) is 17.7 Å². The van der Waals surface area contributed by atoms with Crippen LogP contribution in [0.2, 0.25) is 0 Å². The van der Waals surface area contributed by atoms with Gasteiger partial charge in [0, 0.05) is 34.3 Å². The topological polar surface area (TPSA) is 74.6 Å². The molecule has 43 heavy (non-hydrogen) atoms. The van der Waals surface area contributed by atoms with E-state index in [1.165, 1.54) is 17.2 Å². The lowest BCUT2D eigenvalue weighted by molar-refractivity contribution is -0.134. The fourth-order valence-electron chi connectivity index (χ4n) is 5.06. The molecular weight excluding hydrogens is 558 g/mol. The zero-order valence-electron chi connectivity index (χ0n) is 26.7. The van der Waals surface area contributed by atoms with Gasteiger partial charge in [0.05, 0.1) is 24.1 Å². The maximum absolute atomic E-state index is 14.1. The zero-order chi connectivity index (χ0) is 31.7. The molecule has 0 radical (unpaired) electrons. The SMILES string of the molecule is CCCOc1c(-c2cn(S(=O)(=O)c3ccccc3)c3ccc(/C(C)=C/C(=O)OC)cc23)cc(C(C)(C)C)cc1C(C)(C)C. The molecule has 0 saturated heterocycles. The highest BCUT2D eigenvalue weighted by atomic mass is 32.2. The minimum atomic E-state index is -3.93. The van der Waals surface area contributed by atoms with Gasteiger partial charge in [-0.25, -0.2) is 17.2 Å². The number of hydrogen-bond donors (Lipinski definition) is 0. The van der Waals surface area contributed by atoms with Crippen LogP contribution in [0.5, 0.6) is 5.75 Å². The standard InChI is InChI=1S/C36H43NO5S/c1-10-18-42-34-29(21-26(35(3,4)5)22-31(34)36(6,7)8)30-23-37(43(39,40)27-14-12-11-13-15-27)32-17-16-25(20-28(30)32)24(2)19-33(38)41-9/h11-17,19-23H,10,18H2,1-9H3/b24-19+. The summed E-state index contributed by atoms with van der Waals surface area (Å²) in [7, 11) is -2.59. The Bertz CT molecular complexity index is 1780. The number of ether oxygens (including phenoxy) is 2. The zero-order valence-corrected chi connectivity index (χ0v) is 27.6. The Hall–Kier alpha value is -3.84. The first-order chi connectivity index (χ1) is 20.1. The van der Waals surface area contributed by atoms with Crippen molar-refractivity contribution in [2.75, 3.05) is 13.7 Å².